The van der Waals surface area contributed by atoms with Gasteiger partial charge in [-0.15, -0.1) is 0 Å². The van der Waals surface area contributed by atoms with Crippen LogP contribution in [0.4, 0.5) is 5.95 Å². The lowest BCUT2D eigenvalue weighted by molar-refractivity contribution is -0.253. The maximum Gasteiger partial charge on any atom is 0.303 e. The molecule has 8 atom stereocenters. The van der Waals surface area contributed by atoms with Crippen molar-refractivity contribution in [3.8, 4) is 0 Å². The molecule has 3 aliphatic rings. The Morgan fingerprint density at radius 2 is 1.34 bits per heavy atom. The minimum absolute atomic E-state index is 0.0212. The van der Waals surface area contributed by atoms with Gasteiger partial charge in [-0.1, -0.05) is 60.7 Å². The predicted octanol–water partition coefficient (Wildman–Crippen LogP) is 3.27. The van der Waals surface area contributed by atoms with Crippen molar-refractivity contribution in [3.63, 3.8) is 0 Å². The van der Waals surface area contributed by atoms with Gasteiger partial charge in [0.25, 0.3) is 0 Å². The first-order valence-electron chi connectivity index (χ1n) is 20.3. The van der Waals surface area contributed by atoms with E-state index in [-0.39, 0.29) is 31.8 Å². The van der Waals surface area contributed by atoms with Gasteiger partial charge in [0.15, 0.2) is 24.6 Å². The van der Waals surface area contributed by atoms with Gasteiger partial charge in [-0.2, -0.15) is 0 Å². The molecule has 3 fully saturated rings. The number of nitrogens with one attached hydrogen (secondary N) is 1. The molecule has 1 aromatic heterocycles. The van der Waals surface area contributed by atoms with Gasteiger partial charge in [0.05, 0.1) is 23.8 Å². The topological polar surface area (TPSA) is 197 Å². The maximum absolute atomic E-state index is 12.3. The first-order chi connectivity index (χ1) is 29.3. The van der Waals surface area contributed by atoms with Crippen LogP contribution in [0.1, 0.15) is 75.2 Å². The Balaban J connectivity index is 1.10. The fourth-order valence-corrected chi connectivity index (χ4v) is 7.87. The van der Waals surface area contributed by atoms with Crippen LogP contribution < -0.4 is 10.2 Å². The molecule has 3 aliphatic heterocycles. The lowest BCUT2D eigenvalue weighted by Crippen LogP contribution is -2.62. The molecule has 2 N–H and O–H groups in total. The number of rotatable bonds is 15. The number of esters is 4. The van der Waals surface area contributed by atoms with Gasteiger partial charge in [0, 0.05) is 97.8 Å². The Hall–Kier alpha value is -5.11. The summed E-state index contributed by atoms with van der Waals surface area (Å²) in [6, 6.07) is 17.4. The van der Waals surface area contributed by atoms with Crippen LogP contribution >= 0.6 is 12.2 Å². The van der Waals surface area contributed by atoms with E-state index in [0.29, 0.717) is 18.0 Å². The largest absolute Gasteiger partial charge is 0.463 e. The fourth-order valence-electron chi connectivity index (χ4n) is 7.64. The molecule has 0 spiro atoms. The lowest BCUT2D eigenvalue weighted by Gasteiger charge is -2.44. The second-order valence-electron chi connectivity index (χ2n) is 15.1. The zero-order valence-electron chi connectivity index (χ0n) is 34.7. The third kappa shape index (κ3) is 12.9. The molecule has 17 nitrogen and oxygen atoms in total. The van der Waals surface area contributed by atoms with Crippen LogP contribution in [-0.2, 0) is 65.5 Å². The van der Waals surface area contributed by atoms with Crippen LogP contribution in [0.15, 0.2) is 67.0 Å². The Bertz CT molecular complexity index is 1950. The first-order valence-corrected chi connectivity index (χ1v) is 20.7. The van der Waals surface area contributed by atoms with Crippen molar-refractivity contribution in [1.82, 2.24) is 20.2 Å². The highest BCUT2D eigenvalue weighted by Crippen LogP contribution is 2.38. The number of hydrogen-bond acceptors (Lipinski definition) is 17. The normalized spacial score (nSPS) is 25.5. The number of aliphatic hydroxyl groups excluding tert-OH is 1. The molecule has 0 bridgehead atoms. The predicted molar refractivity (Wildman–Crippen MR) is 222 cm³/mol. The SMILES string of the molecule is CC(=O)OC[C@H]1O[C@@H](CC(=S)NCc2ccc(C3O[C@H](CN4CCN(c5ncccn5)CC4)C[C@H](c4ccc(CO)cc4)O3)cc2)[C@H](OC(C)=O)[C@@H](OC(C)=O)[C@@H]1OC(C)=O. The number of piperazine rings is 1. The van der Waals surface area contributed by atoms with Gasteiger partial charge >= 0.3 is 23.9 Å². The number of thiocarbonyl (C=S) groups is 1. The molecule has 3 aromatic rings. The highest BCUT2D eigenvalue weighted by Gasteiger charge is 2.52. The smallest absolute Gasteiger partial charge is 0.303 e. The number of hydrogen-bond donors (Lipinski definition) is 2. The molecule has 0 aliphatic carbocycles. The summed E-state index contributed by atoms with van der Waals surface area (Å²) in [7, 11) is 0. The molecule has 328 valence electrons. The van der Waals surface area contributed by atoms with E-state index < -0.39 is 60.7 Å². The number of carbonyl (C=O) groups is 4. The highest BCUT2D eigenvalue weighted by molar-refractivity contribution is 7.80. The van der Waals surface area contributed by atoms with E-state index in [1.165, 1.54) is 27.7 Å². The molecule has 6 rings (SSSR count). The van der Waals surface area contributed by atoms with Gasteiger partial charge < -0.3 is 48.5 Å². The van der Waals surface area contributed by atoms with E-state index in [9.17, 15) is 24.3 Å². The summed E-state index contributed by atoms with van der Waals surface area (Å²) in [6.07, 6.45) is -2.54. The zero-order valence-corrected chi connectivity index (χ0v) is 35.5. The number of ether oxygens (including phenoxy) is 7. The number of carbonyl (C=O) groups excluding carboxylic acids is 4. The Morgan fingerprint density at radius 3 is 1.95 bits per heavy atom. The van der Waals surface area contributed by atoms with Crippen molar-refractivity contribution in [1.29, 1.82) is 0 Å². The van der Waals surface area contributed by atoms with E-state index in [2.05, 4.69) is 25.1 Å². The molecular formula is C43H53N5O12S. The van der Waals surface area contributed by atoms with Crippen molar-refractivity contribution < 1.29 is 57.4 Å². The van der Waals surface area contributed by atoms with Crippen LogP contribution in [0.3, 0.4) is 0 Å². The monoisotopic (exact) mass is 863 g/mol. The molecule has 4 heterocycles. The summed E-state index contributed by atoms with van der Waals surface area (Å²) in [5.41, 5.74) is 3.58. The van der Waals surface area contributed by atoms with E-state index in [1.54, 1.807) is 12.4 Å². The molecule has 61 heavy (non-hydrogen) atoms. The third-order valence-corrected chi connectivity index (χ3v) is 10.8. The summed E-state index contributed by atoms with van der Waals surface area (Å²) in [6.45, 7) is 8.75. The van der Waals surface area contributed by atoms with Crippen molar-refractivity contribution >= 4 is 47.0 Å². The van der Waals surface area contributed by atoms with Gasteiger partial charge in [0.2, 0.25) is 5.95 Å². The second-order valence-corrected chi connectivity index (χ2v) is 15.6. The first kappa shape index (κ1) is 45.4. The van der Waals surface area contributed by atoms with Crippen LogP contribution in [-0.4, -0.2) is 125 Å². The maximum atomic E-state index is 12.3. The average molecular weight is 864 g/mol. The van der Waals surface area contributed by atoms with E-state index in [0.717, 1.165) is 60.9 Å². The fraction of sp³-hybridized carbons (Fsp3) is 0.512. The molecule has 18 heteroatoms. The standard InChI is InChI=1S/C43H53N5O12S/c1-26(50)54-25-37-40(56-28(3)52)41(57-29(4)53)39(55-27(2)51)36(59-37)21-38(61)46-22-30-6-12-33(13-7-30)42-58-34(20-35(60-42)32-10-8-31(24-49)9-11-32)23-47-16-18-48(19-17-47)43-44-14-5-15-45-43/h5-15,34-37,39-42,49H,16-25H2,1-4H3,(H,46,61)/t34-,35+,36-,37+,39-,40+,41+,42?/m0/s1. The number of aliphatic hydroxyl groups is 1. The van der Waals surface area contributed by atoms with Gasteiger partial charge in [-0.25, -0.2) is 9.97 Å². The van der Waals surface area contributed by atoms with Crippen LogP contribution in [0.5, 0.6) is 0 Å². The molecule has 0 radical (unpaired) electrons. The lowest BCUT2D eigenvalue weighted by atomic mass is 9.92. The Kier molecular flexibility index (Phi) is 16.1. The van der Waals surface area contributed by atoms with Gasteiger partial charge in [-0.05, 0) is 22.8 Å². The van der Waals surface area contributed by atoms with E-state index in [1.807, 2.05) is 54.6 Å². The van der Waals surface area contributed by atoms with Crippen LogP contribution in [0, 0.1) is 0 Å². The van der Waals surface area contributed by atoms with Gasteiger partial charge in [-0.3, -0.25) is 24.1 Å². The van der Waals surface area contributed by atoms with E-state index >= 15 is 0 Å². The van der Waals surface area contributed by atoms with Crippen molar-refractivity contribution in [2.24, 2.45) is 0 Å². The molecule has 2 aromatic carbocycles. The quantitative estimate of drug-likeness (QED) is 0.128. The summed E-state index contributed by atoms with van der Waals surface area (Å²) >= 11 is 5.71. The minimum Gasteiger partial charge on any atom is -0.463 e. The minimum atomic E-state index is -1.27. The number of anilines is 1. The molecule has 0 amide bonds. The summed E-state index contributed by atoms with van der Waals surface area (Å²) in [4.78, 5) is 62.0. The third-order valence-electron chi connectivity index (χ3n) is 10.5. The van der Waals surface area contributed by atoms with Crippen LogP contribution in [0.2, 0.25) is 0 Å². The molecule has 3 saturated heterocycles. The number of nitrogens with zero attached hydrogens (tertiary/aromatic N) is 4. The Labute approximate surface area is 359 Å². The molecule has 0 saturated carbocycles. The highest BCUT2D eigenvalue weighted by atomic mass is 32.1. The molecular weight excluding hydrogens is 811 g/mol. The van der Waals surface area contributed by atoms with Crippen molar-refractivity contribution in [3.05, 3.63) is 89.2 Å². The second kappa shape index (κ2) is 21.6. The summed E-state index contributed by atoms with van der Waals surface area (Å²) < 4.78 is 41.2. The Morgan fingerprint density at radius 1 is 0.754 bits per heavy atom. The molecule has 1 unspecified atom stereocenters. The zero-order chi connectivity index (χ0) is 43.5. The summed E-state index contributed by atoms with van der Waals surface area (Å²) in [5.74, 6) is -1.97. The number of benzene rings is 2. The number of aromatic nitrogens is 2. The van der Waals surface area contributed by atoms with Gasteiger partial charge in [0.1, 0.15) is 18.8 Å². The summed E-state index contributed by atoms with van der Waals surface area (Å²) in [5, 5.41) is 12.8. The van der Waals surface area contributed by atoms with Crippen LogP contribution in [0.25, 0.3) is 0 Å². The van der Waals surface area contributed by atoms with E-state index in [4.69, 9.17) is 45.4 Å². The average Bonchev–Trinajstić information content (AvgIpc) is 3.24. The van der Waals surface area contributed by atoms with Crippen molar-refractivity contribution in [2.45, 2.75) is 103 Å². The van der Waals surface area contributed by atoms with Crippen molar-refractivity contribution in [2.75, 3.05) is 44.2 Å².